The molecule has 3 aliphatic rings. The van der Waals surface area contributed by atoms with E-state index in [-0.39, 0.29) is 12.1 Å². The van der Waals surface area contributed by atoms with Gasteiger partial charge in [0.1, 0.15) is 0 Å². The average molecular weight is 292 g/mol. The Morgan fingerprint density at radius 2 is 1.95 bits per heavy atom. The van der Waals surface area contributed by atoms with Crippen LogP contribution in [0.1, 0.15) is 32.6 Å². The van der Waals surface area contributed by atoms with Crippen molar-refractivity contribution >= 4 is 0 Å². The molecule has 20 heavy (non-hydrogen) atoms. The zero-order valence-electron chi connectivity index (χ0n) is 11.9. The normalized spacial score (nSPS) is 36.3. The summed E-state index contributed by atoms with van der Waals surface area (Å²) >= 11 is 0. The molecular weight excluding hydrogens is 269 g/mol. The third-order valence-electron chi connectivity index (χ3n) is 5.00. The van der Waals surface area contributed by atoms with Crippen LogP contribution in [0.4, 0.5) is 13.2 Å². The van der Waals surface area contributed by atoms with Gasteiger partial charge in [0.05, 0.1) is 6.61 Å². The minimum Gasteiger partial charge on any atom is -0.308 e. The van der Waals surface area contributed by atoms with Crippen LogP contribution >= 0.6 is 0 Å². The van der Waals surface area contributed by atoms with Gasteiger partial charge in [-0.1, -0.05) is 0 Å². The summed E-state index contributed by atoms with van der Waals surface area (Å²) in [5.41, 5.74) is 0.0730. The number of nitrogens with zero attached hydrogens (tertiary/aromatic N) is 1. The molecule has 0 aromatic carbocycles. The first-order valence-corrected chi connectivity index (χ1v) is 7.57. The van der Waals surface area contributed by atoms with Crippen LogP contribution in [-0.2, 0) is 4.74 Å². The molecule has 6 heteroatoms. The van der Waals surface area contributed by atoms with Crippen LogP contribution in [0.2, 0.25) is 0 Å². The summed E-state index contributed by atoms with van der Waals surface area (Å²) in [5.74, 6) is 1.35. The second kappa shape index (κ2) is 5.14. The van der Waals surface area contributed by atoms with E-state index in [1.807, 2.05) is 0 Å². The van der Waals surface area contributed by atoms with Gasteiger partial charge in [-0.15, -0.1) is 13.2 Å². The van der Waals surface area contributed by atoms with Gasteiger partial charge in [0, 0.05) is 31.2 Å². The molecule has 3 rings (SSSR count). The fraction of sp³-hybridized carbons (Fsp3) is 1.00. The number of alkyl halides is 3. The van der Waals surface area contributed by atoms with Gasteiger partial charge in [0.25, 0.3) is 0 Å². The van der Waals surface area contributed by atoms with Crippen molar-refractivity contribution in [3.8, 4) is 0 Å². The van der Waals surface area contributed by atoms with Crippen molar-refractivity contribution in [2.45, 2.75) is 50.6 Å². The van der Waals surface area contributed by atoms with Crippen LogP contribution < -0.4 is 5.32 Å². The van der Waals surface area contributed by atoms with Gasteiger partial charge in [-0.2, -0.15) is 0 Å². The minimum atomic E-state index is -4.51. The largest absolute Gasteiger partial charge is 0.522 e. The monoisotopic (exact) mass is 292 g/mol. The molecule has 3 nitrogen and oxygen atoms in total. The molecule has 2 aliphatic carbocycles. The van der Waals surface area contributed by atoms with Crippen molar-refractivity contribution in [1.82, 2.24) is 10.2 Å². The lowest BCUT2D eigenvalue weighted by Gasteiger charge is -2.47. The molecule has 0 radical (unpaired) electrons. The van der Waals surface area contributed by atoms with Gasteiger partial charge in [-0.05, 0) is 44.4 Å². The molecule has 0 aromatic heterocycles. The molecule has 0 aromatic rings. The molecule has 1 aliphatic heterocycles. The third kappa shape index (κ3) is 3.46. The molecule has 1 N–H and O–H groups in total. The summed E-state index contributed by atoms with van der Waals surface area (Å²) in [7, 11) is 0. The first-order valence-electron chi connectivity index (χ1n) is 7.57. The number of hydrogen-bond acceptors (Lipinski definition) is 3. The number of ether oxygens (including phenoxy) is 1. The maximum Gasteiger partial charge on any atom is 0.522 e. The highest BCUT2D eigenvalue weighted by Gasteiger charge is 2.48. The maximum absolute atomic E-state index is 12.1. The summed E-state index contributed by atoms with van der Waals surface area (Å²) in [6.45, 7) is 4.09. The second-order valence-corrected chi connectivity index (χ2v) is 6.74. The Balaban J connectivity index is 1.57. The molecule has 0 spiro atoms. The summed E-state index contributed by atoms with van der Waals surface area (Å²) in [6, 6.07) is 0.388. The summed E-state index contributed by atoms with van der Waals surface area (Å²) < 4.78 is 40.3. The molecule has 1 heterocycles. The van der Waals surface area contributed by atoms with E-state index in [9.17, 15) is 13.2 Å². The number of rotatable bonds is 5. The van der Waals surface area contributed by atoms with Crippen molar-refractivity contribution in [2.75, 3.05) is 26.2 Å². The fourth-order valence-electron chi connectivity index (χ4n) is 3.53. The highest BCUT2D eigenvalue weighted by atomic mass is 19.4. The number of piperazine rings is 1. The van der Waals surface area contributed by atoms with E-state index < -0.39 is 6.36 Å². The maximum atomic E-state index is 12.1. The van der Waals surface area contributed by atoms with Crippen LogP contribution in [0.3, 0.4) is 0 Å². The Labute approximate surface area is 117 Å². The highest BCUT2D eigenvalue weighted by molar-refractivity contribution is 5.06. The molecule has 2 atom stereocenters. The predicted molar refractivity (Wildman–Crippen MR) is 69.2 cm³/mol. The summed E-state index contributed by atoms with van der Waals surface area (Å²) in [5, 5.41) is 3.66. The Morgan fingerprint density at radius 3 is 2.50 bits per heavy atom. The lowest BCUT2D eigenvalue weighted by molar-refractivity contribution is -0.325. The summed E-state index contributed by atoms with van der Waals surface area (Å²) in [4.78, 5) is 2.23. The lowest BCUT2D eigenvalue weighted by atomic mass is 9.90. The van der Waals surface area contributed by atoms with Crippen molar-refractivity contribution in [3.63, 3.8) is 0 Å². The molecule has 0 bridgehead atoms. The van der Waals surface area contributed by atoms with Crippen LogP contribution in [0.5, 0.6) is 0 Å². The molecule has 2 saturated carbocycles. The molecule has 1 saturated heterocycles. The quantitative estimate of drug-likeness (QED) is 0.842. The van der Waals surface area contributed by atoms with Crippen molar-refractivity contribution < 1.29 is 17.9 Å². The van der Waals surface area contributed by atoms with Gasteiger partial charge in [0.2, 0.25) is 0 Å². The van der Waals surface area contributed by atoms with Gasteiger partial charge in [-0.3, -0.25) is 9.64 Å². The van der Waals surface area contributed by atoms with E-state index in [0.717, 1.165) is 13.1 Å². The standard InChI is InChI=1S/C14H23F3N2O/c1-13(11-4-5-11)9-19(6-7-20-14(15,16)17)12(8-18-13)10-2-3-10/h10-12,18H,2-9H2,1H3. The third-order valence-corrected chi connectivity index (χ3v) is 5.00. The number of nitrogens with one attached hydrogen (secondary N) is 1. The first kappa shape index (κ1) is 14.6. The van der Waals surface area contributed by atoms with E-state index in [2.05, 4.69) is 21.9 Å². The van der Waals surface area contributed by atoms with Gasteiger partial charge in [0.15, 0.2) is 0 Å². The summed E-state index contributed by atoms with van der Waals surface area (Å²) in [6.07, 6.45) is 0.393. The highest BCUT2D eigenvalue weighted by Crippen LogP contribution is 2.44. The van der Waals surface area contributed by atoms with Crippen molar-refractivity contribution in [2.24, 2.45) is 11.8 Å². The Morgan fingerprint density at radius 1 is 1.25 bits per heavy atom. The lowest BCUT2D eigenvalue weighted by Crippen LogP contribution is -2.65. The molecule has 2 unspecified atom stereocenters. The fourth-order valence-corrected chi connectivity index (χ4v) is 3.53. The van der Waals surface area contributed by atoms with Crippen molar-refractivity contribution in [3.05, 3.63) is 0 Å². The number of hydrogen-bond donors (Lipinski definition) is 1. The SMILES string of the molecule is CC1(C2CC2)CN(CCOC(F)(F)F)C(C2CC2)CN1. The van der Waals surface area contributed by atoms with E-state index in [1.54, 1.807) is 0 Å². The first-order chi connectivity index (χ1) is 9.37. The van der Waals surface area contributed by atoms with E-state index >= 15 is 0 Å². The van der Waals surface area contributed by atoms with Gasteiger partial charge >= 0.3 is 6.36 Å². The second-order valence-electron chi connectivity index (χ2n) is 6.74. The van der Waals surface area contributed by atoms with Crippen LogP contribution in [0.25, 0.3) is 0 Å². The Bertz CT molecular complexity index is 355. The Kier molecular flexibility index (Phi) is 3.75. The van der Waals surface area contributed by atoms with Crippen LogP contribution in [-0.4, -0.2) is 49.1 Å². The minimum absolute atomic E-state index is 0.0730. The molecule has 116 valence electrons. The van der Waals surface area contributed by atoms with Gasteiger partial charge in [-0.25, -0.2) is 0 Å². The number of halogens is 3. The average Bonchev–Trinajstić information content (AvgIpc) is 3.20. The molecular formula is C14H23F3N2O. The van der Waals surface area contributed by atoms with Crippen molar-refractivity contribution in [1.29, 1.82) is 0 Å². The smallest absolute Gasteiger partial charge is 0.308 e. The van der Waals surface area contributed by atoms with E-state index in [4.69, 9.17) is 0 Å². The van der Waals surface area contributed by atoms with Crippen LogP contribution in [0.15, 0.2) is 0 Å². The topological polar surface area (TPSA) is 24.5 Å². The Hall–Kier alpha value is -0.330. The molecule has 0 amide bonds. The predicted octanol–water partition coefficient (Wildman–Crippen LogP) is 2.38. The van der Waals surface area contributed by atoms with Gasteiger partial charge < -0.3 is 5.32 Å². The zero-order valence-corrected chi connectivity index (χ0v) is 11.9. The van der Waals surface area contributed by atoms with E-state index in [0.29, 0.717) is 24.4 Å². The van der Waals surface area contributed by atoms with E-state index in [1.165, 1.54) is 25.7 Å². The van der Waals surface area contributed by atoms with Crippen LogP contribution in [0, 0.1) is 11.8 Å². The molecule has 3 fully saturated rings. The zero-order chi connectivity index (χ0) is 14.4.